The zero-order valence-corrected chi connectivity index (χ0v) is 6.99. The summed E-state index contributed by atoms with van der Waals surface area (Å²) in [5.74, 6) is -5.09. The summed E-state index contributed by atoms with van der Waals surface area (Å²) in [5.41, 5.74) is -1.00. The van der Waals surface area contributed by atoms with E-state index in [9.17, 15) is 18.0 Å². The van der Waals surface area contributed by atoms with Crippen molar-refractivity contribution in [3.63, 3.8) is 0 Å². The summed E-state index contributed by atoms with van der Waals surface area (Å²) in [7, 11) is 0. The van der Waals surface area contributed by atoms with Crippen LogP contribution in [0, 0.1) is 5.82 Å². The second kappa shape index (κ2) is 3.38. The number of carbonyl (C=O) groups is 1. The predicted octanol–water partition coefficient (Wildman–Crippen LogP) is 2.77. The van der Waals surface area contributed by atoms with Crippen molar-refractivity contribution in [2.24, 2.45) is 0 Å². The third-order valence-electron chi connectivity index (χ3n) is 1.46. The van der Waals surface area contributed by atoms with Gasteiger partial charge >= 0.3 is 5.92 Å². The summed E-state index contributed by atoms with van der Waals surface area (Å²) in [6, 6.07) is 3.09. The van der Waals surface area contributed by atoms with Crippen molar-refractivity contribution in [1.29, 1.82) is 0 Å². The van der Waals surface area contributed by atoms with Crippen LogP contribution in [0.15, 0.2) is 18.2 Å². The maximum Gasteiger partial charge on any atom is 0.330 e. The van der Waals surface area contributed by atoms with Crippen molar-refractivity contribution in [2.45, 2.75) is 5.92 Å². The maximum absolute atomic E-state index is 12.9. The summed E-state index contributed by atoms with van der Waals surface area (Å²) < 4.78 is 38.2. The van der Waals surface area contributed by atoms with Gasteiger partial charge in [0.1, 0.15) is 0 Å². The minimum Gasteiger partial charge on any atom is -0.296 e. The number of hydrogen-bond donors (Lipinski definition) is 0. The zero-order chi connectivity index (χ0) is 10.1. The summed E-state index contributed by atoms with van der Waals surface area (Å²) in [5, 5.41) is -0.431. The molecule has 0 unspecified atom stereocenters. The van der Waals surface area contributed by atoms with Crippen molar-refractivity contribution in [2.75, 3.05) is 0 Å². The Hall–Kier alpha value is -1.03. The standard InChI is InChI=1S/C8H4ClF3O/c9-6-3-1-2-5(7(6)10)8(11,12)4-13/h1-4H. The van der Waals surface area contributed by atoms with Crippen LogP contribution in [0.25, 0.3) is 0 Å². The molecule has 0 aliphatic heterocycles. The average molecular weight is 209 g/mol. The van der Waals surface area contributed by atoms with Gasteiger partial charge in [-0.15, -0.1) is 0 Å². The third kappa shape index (κ3) is 1.83. The number of benzene rings is 1. The van der Waals surface area contributed by atoms with E-state index in [0.717, 1.165) is 18.2 Å². The van der Waals surface area contributed by atoms with Crippen LogP contribution in [-0.2, 0) is 10.7 Å². The number of rotatable bonds is 2. The fourth-order valence-corrected chi connectivity index (χ4v) is 0.999. The first-order valence-electron chi connectivity index (χ1n) is 3.27. The Labute approximate surface area is 77.1 Å². The number of hydrogen-bond acceptors (Lipinski definition) is 1. The largest absolute Gasteiger partial charge is 0.330 e. The molecule has 0 fully saturated rings. The molecular weight excluding hydrogens is 205 g/mol. The number of carbonyl (C=O) groups excluding carboxylic acids is 1. The second-order valence-corrected chi connectivity index (χ2v) is 2.75. The number of aldehydes is 1. The average Bonchev–Trinajstić information content (AvgIpc) is 2.09. The first-order valence-corrected chi connectivity index (χ1v) is 3.65. The summed E-state index contributed by atoms with van der Waals surface area (Å²) in [4.78, 5) is 9.93. The van der Waals surface area contributed by atoms with Gasteiger partial charge in [0.05, 0.1) is 10.6 Å². The first kappa shape index (κ1) is 10.1. The maximum atomic E-state index is 12.9. The van der Waals surface area contributed by atoms with E-state index in [0.29, 0.717) is 0 Å². The lowest BCUT2D eigenvalue weighted by molar-refractivity contribution is -0.130. The van der Waals surface area contributed by atoms with Crippen LogP contribution in [0.5, 0.6) is 0 Å². The molecule has 0 N–H and O–H groups in total. The van der Waals surface area contributed by atoms with E-state index in [-0.39, 0.29) is 0 Å². The van der Waals surface area contributed by atoms with Gasteiger partial charge in [-0.25, -0.2) is 4.39 Å². The highest BCUT2D eigenvalue weighted by Gasteiger charge is 2.34. The summed E-state index contributed by atoms with van der Waals surface area (Å²) in [6.45, 7) is 0. The van der Waals surface area contributed by atoms with Crippen molar-refractivity contribution in [3.8, 4) is 0 Å². The first-order chi connectivity index (χ1) is 5.99. The molecule has 1 aromatic carbocycles. The van der Waals surface area contributed by atoms with Gasteiger partial charge in [0, 0.05) is 0 Å². The predicted molar refractivity (Wildman–Crippen MR) is 41.4 cm³/mol. The third-order valence-corrected chi connectivity index (χ3v) is 1.75. The summed E-state index contributed by atoms with van der Waals surface area (Å²) in [6.07, 6.45) is -0.623. The highest BCUT2D eigenvalue weighted by Crippen LogP contribution is 2.30. The van der Waals surface area contributed by atoms with Crippen LogP contribution in [-0.4, -0.2) is 6.29 Å². The van der Waals surface area contributed by atoms with Crippen molar-refractivity contribution in [1.82, 2.24) is 0 Å². The lowest BCUT2D eigenvalue weighted by atomic mass is 10.1. The van der Waals surface area contributed by atoms with Gasteiger partial charge in [-0.2, -0.15) is 8.78 Å². The monoisotopic (exact) mass is 208 g/mol. The van der Waals surface area contributed by atoms with E-state index in [1.807, 2.05) is 0 Å². The van der Waals surface area contributed by atoms with Gasteiger partial charge in [0.15, 0.2) is 12.1 Å². The molecule has 70 valence electrons. The smallest absolute Gasteiger partial charge is 0.296 e. The Bertz CT molecular complexity index is 338. The molecule has 1 nitrogen and oxygen atoms in total. The van der Waals surface area contributed by atoms with Gasteiger partial charge in [0.2, 0.25) is 0 Å². The van der Waals surface area contributed by atoms with Crippen LogP contribution < -0.4 is 0 Å². The van der Waals surface area contributed by atoms with E-state index in [1.165, 1.54) is 0 Å². The Morgan fingerprint density at radius 3 is 2.54 bits per heavy atom. The Morgan fingerprint density at radius 2 is 2.00 bits per heavy atom. The molecular formula is C8H4ClF3O. The van der Waals surface area contributed by atoms with Crippen molar-refractivity contribution in [3.05, 3.63) is 34.6 Å². The van der Waals surface area contributed by atoms with Crippen LogP contribution >= 0.6 is 11.6 Å². The molecule has 0 heterocycles. The van der Waals surface area contributed by atoms with Gasteiger partial charge < -0.3 is 0 Å². The van der Waals surface area contributed by atoms with Crippen LogP contribution in [0.4, 0.5) is 13.2 Å². The van der Waals surface area contributed by atoms with E-state index >= 15 is 0 Å². The molecule has 5 heteroatoms. The molecule has 1 aromatic rings. The van der Waals surface area contributed by atoms with Gasteiger partial charge in [-0.05, 0) is 12.1 Å². The topological polar surface area (TPSA) is 17.1 Å². The van der Waals surface area contributed by atoms with Crippen LogP contribution in [0.1, 0.15) is 5.56 Å². The normalized spacial score (nSPS) is 11.4. The van der Waals surface area contributed by atoms with Gasteiger partial charge in [0.25, 0.3) is 0 Å². The molecule has 13 heavy (non-hydrogen) atoms. The highest BCUT2D eigenvalue weighted by atomic mass is 35.5. The van der Waals surface area contributed by atoms with E-state index in [2.05, 4.69) is 0 Å². The lowest BCUT2D eigenvalue weighted by Crippen LogP contribution is -2.16. The van der Waals surface area contributed by atoms with Gasteiger partial charge in [-0.3, -0.25) is 4.79 Å². The number of alkyl halides is 2. The molecule has 1 rings (SSSR count). The minimum absolute atomic E-state index is 0.431. The van der Waals surface area contributed by atoms with Crippen LogP contribution in [0.2, 0.25) is 5.02 Å². The molecule has 0 saturated carbocycles. The fourth-order valence-electron chi connectivity index (χ4n) is 0.825. The molecule has 0 bridgehead atoms. The molecule has 0 spiro atoms. The Kier molecular flexibility index (Phi) is 2.61. The Morgan fingerprint density at radius 1 is 1.38 bits per heavy atom. The second-order valence-electron chi connectivity index (χ2n) is 2.34. The Balaban J connectivity index is 3.30. The van der Waals surface area contributed by atoms with E-state index in [1.54, 1.807) is 0 Å². The molecule has 0 radical (unpaired) electrons. The van der Waals surface area contributed by atoms with Crippen LogP contribution in [0.3, 0.4) is 0 Å². The molecule has 0 aliphatic rings. The highest BCUT2D eigenvalue weighted by molar-refractivity contribution is 6.30. The van der Waals surface area contributed by atoms with Gasteiger partial charge in [-0.1, -0.05) is 17.7 Å². The zero-order valence-electron chi connectivity index (χ0n) is 6.23. The fraction of sp³-hybridized carbons (Fsp3) is 0.125. The summed E-state index contributed by atoms with van der Waals surface area (Å²) >= 11 is 5.25. The van der Waals surface area contributed by atoms with E-state index < -0.39 is 28.6 Å². The molecule has 0 saturated heterocycles. The van der Waals surface area contributed by atoms with E-state index in [4.69, 9.17) is 11.6 Å². The minimum atomic E-state index is -3.82. The molecule has 0 atom stereocenters. The molecule has 0 aliphatic carbocycles. The number of halogens is 4. The SMILES string of the molecule is O=CC(F)(F)c1cccc(Cl)c1F. The quantitative estimate of drug-likeness (QED) is 0.683. The van der Waals surface area contributed by atoms with Crippen molar-refractivity contribution >= 4 is 17.9 Å². The molecule has 0 amide bonds. The molecule has 0 aromatic heterocycles. The lowest BCUT2D eigenvalue weighted by Gasteiger charge is -2.10. The van der Waals surface area contributed by atoms with Crippen molar-refractivity contribution < 1.29 is 18.0 Å².